The van der Waals surface area contributed by atoms with E-state index in [1.165, 1.54) is 10.6 Å². The normalized spacial score (nSPS) is 15.7. The fourth-order valence-electron chi connectivity index (χ4n) is 5.00. The Balaban J connectivity index is 1.28. The molecule has 1 fully saturated rings. The number of nitrogens with zero attached hydrogens (tertiary/aromatic N) is 4. The van der Waals surface area contributed by atoms with Crippen molar-refractivity contribution in [2.24, 2.45) is 0 Å². The summed E-state index contributed by atoms with van der Waals surface area (Å²) in [5, 5.41) is 5.83. The molecule has 0 saturated carbocycles. The third kappa shape index (κ3) is 3.95. The fraction of sp³-hybridized carbons (Fsp3) is 0.214. The van der Waals surface area contributed by atoms with Crippen LogP contribution in [0.1, 0.15) is 46.3 Å². The summed E-state index contributed by atoms with van der Waals surface area (Å²) in [6, 6.07) is 20.2. The molecule has 0 spiro atoms. The molecule has 0 radical (unpaired) electrons. The molecule has 0 unspecified atom stereocenters. The number of hydrogen-bond donors (Lipinski definition) is 1. The van der Waals surface area contributed by atoms with E-state index in [9.17, 15) is 14.4 Å². The highest BCUT2D eigenvalue weighted by Crippen LogP contribution is 2.32. The largest absolute Gasteiger partial charge is 0.309 e. The molecule has 2 aliphatic heterocycles. The minimum atomic E-state index is -0.316. The van der Waals surface area contributed by atoms with Crippen LogP contribution in [0.5, 0.6) is 0 Å². The first-order chi connectivity index (χ1) is 17.6. The van der Waals surface area contributed by atoms with Gasteiger partial charge in [0.25, 0.3) is 5.91 Å². The number of hydrogen-bond acceptors (Lipinski definition) is 5. The van der Waals surface area contributed by atoms with Crippen LogP contribution in [0, 0.1) is 0 Å². The van der Waals surface area contributed by atoms with Crippen LogP contribution in [0.2, 0.25) is 0 Å². The highest BCUT2D eigenvalue weighted by Gasteiger charge is 2.39. The van der Waals surface area contributed by atoms with Gasteiger partial charge in [-0.25, -0.2) is 9.99 Å². The Morgan fingerprint density at radius 3 is 2.44 bits per heavy atom. The van der Waals surface area contributed by atoms with Gasteiger partial charge in [-0.3, -0.25) is 18.8 Å². The number of rotatable bonds is 6. The maximum absolute atomic E-state index is 13.1. The lowest BCUT2D eigenvalue weighted by molar-refractivity contribution is -0.163. The van der Waals surface area contributed by atoms with E-state index in [4.69, 9.17) is 0 Å². The SMILES string of the molecule is O=C1c2ccc(-c3cc(CNCc4ccccc4)cc4cncn34)cc2CN1N1C(=O)CCCC1=O. The lowest BCUT2D eigenvalue weighted by atomic mass is 10.0. The Kier molecular flexibility index (Phi) is 5.58. The average Bonchev–Trinajstić information content (AvgIpc) is 3.48. The molecule has 4 aromatic rings. The number of nitrogens with one attached hydrogen (secondary N) is 1. The van der Waals surface area contributed by atoms with E-state index in [2.05, 4.69) is 34.6 Å². The quantitative estimate of drug-likeness (QED) is 0.426. The van der Waals surface area contributed by atoms with Gasteiger partial charge in [-0.15, -0.1) is 0 Å². The first-order valence-corrected chi connectivity index (χ1v) is 12.1. The number of amides is 3. The zero-order chi connectivity index (χ0) is 24.6. The van der Waals surface area contributed by atoms with Crippen LogP contribution in [-0.2, 0) is 29.2 Å². The predicted octanol–water partition coefficient (Wildman–Crippen LogP) is 3.70. The van der Waals surface area contributed by atoms with Crippen molar-refractivity contribution in [1.82, 2.24) is 24.7 Å². The molecule has 6 rings (SSSR count). The number of carbonyl (C=O) groups excluding carboxylic acids is 3. The molecule has 1 N–H and O–H groups in total. The first-order valence-electron chi connectivity index (χ1n) is 12.1. The van der Waals surface area contributed by atoms with Crippen molar-refractivity contribution in [1.29, 1.82) is 0 Å². The van der Waals surface area contributed by atoms with Crippen molar-refractivity contribution in [3.8, 4) is 11.3 Å². The zero-order valence-corrected chi connectivity index (χ0v) is 19.7. The van der Waals surface area contributed by atoms with Crippen LogP contribution in [0.25, 0.3) is 16.8 Å². The van der Waals surface area contributed by atoms with Crippen molar-refractivity contribution in [2.45, 2.75) is 38.9 Å². The fourth-order valence-corrected chi connectivity index (χ4v) is 5.00. The number of pyridine rings is 1. The van der Waals surface area contributed by atoms with E-state index in [0.29, 0.717) is 18.5 Å². The average molecular weight is 480 g/mol. The molecule has 8 heteroatoms. The summed E-state index contributed by atoms with van der Waals surface area (Å²) in [7, 11) is 0. The Bertz CT molecular complexity index is 1480. The van der Waals surface area contributed by atoms with Gasteiger partial charge in [0.2, 0.25) is 11.8 Å². The van der Waals surface area contributed by atoms with Crippen molar-refractivity contribution in [3.05, 3.63) is 95.4 Å². The van der Waals surface area contributed by atoms with Gasteiger partial charge in [0.05, 0.1) is 30.3 Å². The number of piperidine rings is 1. The molecule has 3 amide bonds. The predicted molar refractivity (Wildman–Crippen MR) is 133 cm³/mol. The topological polar surface area (TPSA) is 87.0 Å². The lowest BCUT2D eigenvalue weighted by Gasteiger charge is -2.32. The maximum Gasteiger partial charge on any atom is 0.273 e. The van der Waals surface area contributed by atoms with E-state index < -0.39 is 0 Å². The number of imidazole rings is 1. The summed E-state index contributed by atoms with van der Waals surface area (Å²) in [5.74, 6) is -0.946. The van der Waals surface area contributed by atoms with E-state index in [0.717, 1.165) is 39.5 Å². The van der Waals surface area contributed by atoms with E-state index >= 15 is 0 Å². The third-order valence-electron chi connectivity index (χ3n) is 6.76. The van der Waals surface area contributed by atoms with Gasteiger partial charge in [0.1, 0.15) is 0 Å². The van der Waals surface area contributed by atoms with Crippen molar-refractivity contribution in [2.75, 3.05) is 0 Å². The van der Waals surface area contributed by atoms with Crippen LogP contribution >= 0.6 is 0 Å². The summed E-state index contributed by atoms with van der Waals surface area (Å²) in [6.07, 6.45) is 4.70. The summed E-state index contributed by atoms with van der Waals surface area (Å²) < 4.78 is 2.02. The van der Waals surface area contributed by atoms with Gasteiger partial charge in [0, 0.05) is 31.5 Å². The van der Waals surface area contributed by atoms with Crippen LogP contribution < -0.4 is 5.32 Å². The Morgan fingerprint density at radius 2 is 1.64 bits per heavy atom. The van der Waals surface area contributed by atoms with Gasteiger partial charge in [-0.05, 0) is 52.9 Å². The smallest absolute Gasteiger partial charge is 0.273 e. The molecule has 2 aliphatic rings. The summed E-state index contributed by atoms with van der Waals surface area (Å²) in [5.41, 5.74) is 6.54. The Morgan fingerprint density at radius 1 is 0.861 bits per heavy atom. The van der Waals surface area contributed by atoms with E-state index in [-0.39, 0.29) is 37.1 Å². The van der Waals surface area contributed by atoms with Gasteiger partial charge in [0.15, 0.2) is 0 Å². The number of hydrazine groups is 1. The van der Waals surface area contributed by atoms with Crippen molar-refractivity contribution >= 4 is 23.2 Å². The van der Waals surface area contributed by atoms with Crippen molar-refractivity contribution in [3.63, 3.8) is 0 Å². The molecule has 0 atom stereocenters. The molecule has 0 bridgehead atoms. The number of benzene rings is 2. The molecular weight excluding hydrogens is 454 g/mol. The van der Waals surface area contributed by atoms with Crippen LogP contribution in [0.4, 0.5) is 0 Å². The maximum atomic E-state index is 13.1. The summed E-state index contributed by atoms with van der Waals surface area (Å²) in [4.78, 5) is 42.2. The minimum Gasteiger partial charge on any atom is -0.309 e. The molecule has 8 nitrogen and oxygen atoms in total. The first kappa shape index (κ1) is 22.2. The Labute approximate surface area is 208 Å². The number of carbonyl (C=O) groups is 3. The summed E-state index contributed by atoms with van der Waals surface area (Å²) >= 11 is 0. The van der Waals surface area contributed by atoms with E-state index in [1.54, 1.807) is 12.4 Å². The van der Waals surface area contributed by atoms with Crippen molar-refractivity contribution < 1.29 is 14.4 Å². The van der Waals surface area contributed by atoms with Gasteiger partial charge >= 0.3 is 0 Å². The molecule has 2 aromatic heterocycles. The van der Waals surface area contributed by atoms with Crippen LogP contribution in [0.15, 0.2) is 73.2 Å². The monoisotopic (exact) mass is 479 g/mol. The molecule has 0 aliphatic carbocycles. The third-order valence-corrected chi connectivity index (χ3v) is 6.76. The van der Waals surface area contributed by atoms with Crippen LogP contribution in [-0.4, -0.2) is 37.1 Å². The number of aromatic nitrogens is 2. The zero-order valence-electron chi connectivity index (χ0n) is 19.7. The minimum absolute atomic E-state index is 0.199. The highest BCUT2D eigenvalue weighted by molar-refractivity contribution is 6.04. The molecule has 180 valence electrons. The van der Waals surface area contributed by atoms with Gasteiger partial charge < -0.3 is 5.32 Å². The molecular formula is C28H25N5O3. The highest BCUT2D eigenvalue weighted by atomic mass is 16.2. The number of fused-ring (bicyclic) bond motifs is 2. The molecule has 1 saturated heterocycles. The second-order valence-corrected chi connectivity index (χ2v) is 9.21. The summed E-state index contributed by atoms with van der Waals surface area (Å²) in [6.45, 7) is 1.66. The second kappa shape index (κ2) is 9.05. The van der Waals surface area contributed by atoms with Gasteiger partial charge in [-0.1, -0.05) is 36.4 Å². The molecule has 36 heavy (non-hydrogen) atoms. The molecule has 2 aromatic carbocycles. The van der Waals surface area contributed by atoms with Gasteiger partial charge in [-0.2, -0.15) is 5.01 Å². The second-order valence-electron chi connectivity index (χ2n) is 9.21. The molecule has 4 heterocycles. The standard InChI is InChI=1S/C28H25N5O3/c34-26-7-4-8-27(35)33(26)32-17-22-13-21(9-10-24(22)28(32)36)25-12-20(11-23-16-30-18-31(23)25)15-29-14-19-5-2-1-3-6-19/h1-3,5-6,9-13,16,18,29H,4,7-8,14-15,17H2. The number of imide groups is 1. The lowest BCUT2D eigenvalue weighted by Crippen LogP contribution is -2.51. The van der Waals surface area contributed by atoms with Crippen LogP contribution in [0.3, 0.4) is 0 Å². The van der Waals surface area contributed by atoms with E-state index in [1.807, 2.05) is 40.9 Å². The Hall–Kier alpha value is -4.30.